The lowest BCUT2D eigenvalue weighted by molar-refractivity contribution is -0.154. The first-order valence-corrected chi connectivity index (χ1v) is 11.7. The van der Waals surface area contributed by atoms with Gasteiger partial charge >= 0.3 is 5.97 Å². The minimum atomic E-state index is 0.0354. The molecular formula is C24H38O2. The van der Waals surface area contributed by atoms with Crippen LogP contribution in [-0.4, -0.2) is 12.6 Å². The third-order valence-corrected chi connectivity index (χ3v) is 10.4. The van der Waals surface area contributed by atoms with E-state index >= 15 is 0 Å². The number of hydrogen-bond donors (Lipinski definition) is 0. The summed E-state index contributed by atoms with van der Waals surface area (Å²) in [6.07, 6.45) is 16.5. The van der Waals surface area contributed by atoms with Crippen molar-refractivity contribution >= 4 is 5.97 Å². The Morgan fingerprint density at radius 3 is 2.42 bits per heavy atom. The van der Waals surface area contributed by atoms with Crippen LogP contribution in [0, 0.1) is 46.3 Å². The predicted octanol–water partition coefficient (Wildman–Crippen LogP) is 5.99. The van der Waals surface area contributed by atoms with Gasteiger partial charge in [0.05, 0.1) is 6.61 Å². The first-order valence-electron chi connectivity index (χ1n) is 11.7. The quantitative estimate of drug-likeness (QED) is 0.538. The molecule has 2 heteroatoms. The van der Waals surface area contributed by atoms with Gasteiger partial charge in [-0.25, -0.2) is 0 Å². The van der Waals surface area contributed by atoms with Crippen molar-refractivity contribution in [2.24, 2.45) is 46.3 Å². The molecule has 26 heavy (non-hydrogen) atoms. The van der Waals surface area contributed by atoms with E-state index in [-0.39, 0.29) is 5.97 Å². The molecule has 8 atom stereocenters. The van der Waals surface area contributed by atoms with Crippen LogP contribution >= 0.6 is 0 Å². The topological polar surface area (TPSA) is 26.3 Å². The molecule has 0 N–H and O–H groups in total. The molecule has 0 radical (unpaired) electrons. The molecule has 1 saturated heterocycles. The maximum absolute atomic E-state index is 11.5. The zero-order chi connectivity index (χ0) is 17.9. The monoisotopic (exact) mass is 358 g/mol. The van der Waals surface area contributed by atoms with Gasteiger partial charge in [0.2, 0.25) is 0 Å². The molecule has 1 unspecified atom stereocenters. The van der Waals surface area contributed by atoms with Gasteiger partial charge < -0.3 is 4.74 Å². The maximum atomic E-state index is 11.5. The summed E-state index contributed by atoms with van der Waals surface area (Å²) in [5, 5.41) is 0. The molecule has 2 nitrogen and oxygen atoms in total. The predicted molar refractivity (Wildman–Crippen MR) is 104 cm³/mol. The molecule has 5 fully saturated rings. The van der Waals surface area contributed by atoms with E-state index in [4.69, 9.17) is 4.74 Å². The summed E-state index contributed by atoms with van der Waals surface area (Å²) in [5.74, 6) is 5.44. The molecule has 0 amide bonds. The minimum absolute atomic E-state index is 0.0354. The number of cyclic esters (lactones) is 1. The fourth-order valence-electron chi connectivity index (χ4n) is 9.09. The number of hydrogen-bond acceptors (Lipinski definition) is 2. The number of ether oxygens (including phenoxy) is 1. The summed E-state index contributed by atoms with van der Waals surface area (Å²) in [7, 11) is 0. The Balaban J connectivity index is 1.37. The smallest absolute Gasteiger partial charge is 0.305 e. The molecule has 5 rings (SSSR count). The molecule has 4 aliphatic carbocycles. The van der Waals surface area contributed by atoms with Crippen LogP contribution in [-0.2, 0) is 9.53 Å². The van der Waals surface area contributed by atoms with Crippen LogP contribution in [0.15, 0.2) is 0 Å². The van der Waals surface area contributed by atoms with Gasteiger partial charge in [0.15, 0.2) is 0 Å². The van der Waals surface area contributed by atoms with Crippen molar-refractivity contribution in [3.05, 3.63) is 0 Å². The van der Waals surface area contributed by atoms with E-state index in [2.05, 4.69) is 13.8 Å². The molecule has 0 aromatic rings. The van der Waals surface area contributed by atoms with Gasteiger partial charge in [-0.3, -0.25) is 4.79 Å². The largest absolute Gasteiger partial charge is 0.465 e. The third-order valence-electron chi connectivity index (χ3n) is 10.4. The SMILES string of the molecule is C[C@]12CCCC[C@H]1CC[C@H]1[C@H]3CC[C@H](C4CCC(=O)OC4)[C@@]3(C)CC[C@@H]12. The van der Waals surface area contributed by atoms with Crippen LogP contribution in [0.2, 0.25) is 0 Å². The van der Waals surface area contributed by atoms with Gasteiger partial charge in [-0.05, 0) is 104 Å². The van der Waals surface area contributed by atoms with Crippen molar-refractivity contribution < 1.29 is 9.53 Å². The fourth-order valence-corrected chi connectivity index (χ4v) is 9.09. The number of fused-ring (bicyclic) bond motifs is 5. The lowest BCUT2D eigenvalue weighted by Crippen LogP contribution is -2.53. The van der Waals surface area contributed by atoms with Crippen LogP contribution in [0.3, 0.4) is 0 Å². The Morgan fingerprint density at radius 1 is 0.808 bits per heavy atom. The average molecular weight is 359 g/mol. The van der Waals surface area contributed by atoms with E-state index in [0.29, 0.717) is 29.8 Å². The Labute approximate surface area is 159 Å². The van der Waals surface area contributed by atoms with Crippen LogP contribution in [0.25, 0.3) is 0 Å². The molecule has 146 valence electrons. The summed E-state index contributed by atoms with van der Waals surface area (Å²) in [5.41, 5.74) is 1.17. The van der Waals surface area contributed by atoms with Crippen molar-refractivity contribution in [3.8, 4) is 0 Å². The van der Waals surface area contributed by atoms with E-state index in [1.165, 1.54) is 64.2 Å². The molecule has 0 bridgehead atoms. The van der Waals surface area contributed by atoms with Crippen molar-refractivity contribution in [3.63, 3.8) is 0 Å². The second kappa shape index (κ2) is 6.24. The third kappa shape index (κ3) is 2.46. The highest BCUT2D eigenvalue weighted by Crippen LogP contribution is 2.68. The first-order chi connectivity index (χ1) is 12.5. The summed E-state index contributed by atoms with van der Waals surface area (Å²) in [6.45, 7) is 6.03. The number of carbonyl (C=O) groups excluding carboxylic acids is 1. The number of carbonyl (C=O) groups is 1. The Kier molecular flexibility index (Phi) is 4.22. The van der Waals surface area contributed by atoms with E-state index < -0.39 is 0 Å². The zero-order valence-corrected chi connectivity index (χ0v) is 17.0. The molecular weight excluding hydrogens is 320 g/mol. The lowest BCUT2D eigenvalue weighted by Gasteiger charge is -2.61. The van der Waals surface area contributed by atoms with Crippen molar-refractivity contribution in [2.75, 3.05) is 6.61 Å². The Hall–Kier alpha value is -0.530. The lowest BCUT2D eigenvalue weighted by atomic mass is 9.44. The molecule has 1 heterocycles. The maximum Gasteiger partial charge on any atom is 0.305 e. The van der Waals surface area contributed by atoms with Crippen LogP contribution in [0.5, 0.6) is 0 Å². The van der Waals surface area contributed by atoms with E-state index in [1.807, 2.05) is 0 Å². The average Bonchev–Trinajstić information content (AvgIpc) is 2.99. The highest BCUT2D eigenvalue weighted by atomic mass is 16.5. The van der Waals surface area contributed by atoms with Gasteiger partial charge in [-0.2, -0.15) is 0 Å². The van der Waals surface area contributed by atoms with Gasteiger partial charge in [0, 0.05) is 6.42 Å². The van der Waals surface area contributed by atoms with E-state index in [1.54, 1.807) is 0 Å². The van der Waals surface area contributed by atoms with Crippen LogP contribution in [0.1, 0.15) is 90.9 Å². The summed E-state index contributed by atoms with van der Waals surface area (Å²) in [6, 6.07) is 0. The van der Waals surface area contributed by atoms with Crippen molar-refractivity contribution in [1.82, 2.24) is 0 Å². The van der Waals surface area contributed by atoms with Gasteiger partial charge in [0.1, 0.15) is 0 Å². The minimum Gasteiger partial charge on any atom is -0.465 e. The number of rotatable bonds is 1. The zero-order valence-electron chi connectivity index (χ0n) is 17.0. The summed E-state index contributed by atoms with van der Waals surface area (Å²) < 4.78 is 5.48. The fraction of sp³-hybridized carbons (Fsp3) is 0.958. The Morgan fingerprint density at radius 2 is 1.62 bits per heavy atom. The van der Waals surface area contributed by atoms with Gasteiger partial charge in [0.25, 0.3) is 0 Å². The van der Waals surface area contributed by atoms with Crippen LogP contribution in [0.4, 0.5) is 0 Å². The highest BCUT2D eigenvalue weighted by Gasteiger charge is 2.60. The van der Waals surface area contributed by atoms with Gasteiger partial charge in [-0.15, -0.1) is 0 Å². The first kappa shape index (κ1) is 17.6. The number of esters is 1. The van der Waals surface area contributed by atoms with Crippen LogP contribution < -0.4 is 0 Å². The molecule has 0 spiro atoms. The second-order valence-corrected chi connectivity index (χ2v) is 11.1. The summed E-state index contributed by atoms with van der Waals surface area (Å²) >= 11 is 0. The molecule has 5 aliphatic rings. The molecule has 0 aromatic heterocycles. The highest BCUT2D eigenvalue weighted by molar-refractivity contribution is 5.69. The van der Waals surface area contributed by atoms with E-state index in [9.17, 15) is 4.79 Å². The molecule has 4 saturated carbocycles. The normalized spacial score (nSPS) is 54.0. The standard InChI is InChI=1S/C24H38O2/c1-23-13-4-3-5-17(23)7-8-18-20-10-9-19(16-6-11-22(25)26-15-16)24(20,2)14-12-21(18)23/h16-21H,3-15H2,1-2H3/t16?,17-,18-,19+,20+,21-,23-,24+/m0/s1. The summed E-state index contributed by atoms with van der Waals surface area (Å²) in [4.78, 5) is 11.5. The van der Waals surface area contributed by atoms with Crippen molar-refractivity contribution in [2.45, 2.75) is 90.9 Å². The van der Waals surface area contributed by atoms with Gasteiger partial charge in [-0.1, -0.05) is 26.7 Å². The van der Waals surface area contributed by atoms with Crippen molar-refractivity contribution in [1.29, 1.82) is 0 Å². The molecule has 0 aromatic carbocycles. The Bertz CT molecular complexity index is 561. The second-order valence-electron chi connectivity index (χ2n) is 11.1. The van der Waals surface area contributed by atoms with E-state index in [0.717, 1.165) is 36.0 Å². The molecule has 1 aliphatic heterocycles.